The van der Waals surface area contributed by atoms with Crippen LogP contribution in [0.1, 0.15) is 168 Å². The van der Waals surface area contributed by atoms with Gasteiger partial charge in [0.1, 0.15) is 12.1 Å². The molecule has 9 heteroatoms. The molecule has 2 atom stereocenters. The van der Waals surface area contributed by atoms with Gasteiger partial charge in [0.15, 0.2) is 0 Å². The third-order valence-corrected chi connectivity index (χ3v) is 8.54. The molecule has 0 aromatic rings. The number of esters is 1. The number of rotatable bonds is 35. The highest BCUT2D eigenvalue weighted by Gasteiger charge is 2.18. The summed E-state index contributed by atoms with van der Waals surface area (Å²) in [5.74, 6) is -2.38. The summed E-state index contributed by atoms with van der Waals surface area (Å²) in [7, 11) is 0. The molecule has 0 spiro atoms. The smallest absolute Gasteiger partial charge is 0.328 e. The number of allylic oxidation sites excluding steroid dienone is 7. The second kappa shape index (κ2) is 36.6. The van der Waals surface area contributed by atoms with Crippen molar-refractivity contribution in [2.45, 2.75) is 180 Å². The first-order valence-electron chi connectivity index (χ1n) is 20.0. The molecule has 0 bridgehead atoms. The second-order valence-electron chi connectivity index (χ2n) is 13.3. The van der Waals surface area contributed by atoms with Crippen molar-refractivity contribution in [2.75, 3.05) is 13.2 Å². The van der Waals surface area contributed by atoms with E-state index in [4.69, 9.17) is 14.9 Å². The Labute approximate surface area is 309 Å². The van der Waals surface area contributed by atoms with Crippen LogP contribution in [0.3, 0.4) is 0 Å². The van der Waals surface area contributed by atoms with Gasteiger partial charge in [0.2, 0.25) is 11.8 Å². The molecule has 0 aliphatic heterocycles. The third-order valence-electron chi connectivity index (χ3n) is 8.54. The Morgan fingerprint density at radius 1 is 0.627 bits per heavy atom. The number of aliphatic hydroxyl groups is 1. The summed E-state index contributed by atoms with van der Waals surface area (Å²) in [4.78, 5) is 47.3. The van der Waals surface area contributed by atoms with Gasteiger partial charge in [-0.2, -0.15) is 0 Å². The van der Waals surface area contributed by atoms with Gasteiger partial charge in [-0.25, -0.2) is 4.79 Å². The third kappa shape index (κ3) is 33.7. The normalized spacial score (nSPS) is 13.0. The average Bonchev–Trinajstić information content (AvgIpc) is 3.11. The number of hydrogen-bond donors (Lipinski definition) is 4. The molecule has 0 heterocycles. The summed E-state index contributed by atoms with van der Waals surface area (Å²) in [6, 6.07) is -1.38. The standard InChI is InChI=1S/C42H72N2O7/c1-3-5-7-9-11-13-14-15-16-17-18-20-26-30-34-41(48)51-37(31-27-23-19-12-10-8-6-4-2)32-28-24-21-22-25-29-33-39(46)43-35-40(47)44-38(36-45)42(49)50/h6,8,12,14-15,19,27,31,37-38,45H,3-5,7,9-11,13,16-18,20-26,28-30,32-36H2,1-2H3,(H,43,46)(H,44,47)(H,49,50)/b8-6-,15-14-,19-12-,31-27-. The van der Waals surface area contributed by atoms with Crippen molar-refractivity contribution in [2.24, 2.45) is 0 Å². The molecule has 2 unspecified atom stereocenters. The molecular formula is C42H72N2O7. The first kappa shape index (κ1) is 47.8. The van der Waals surface area contributed by atoms with E-state index in [1.54, 1.807) is 0 Å². The zero-order chi connectivity index (χ0) is 37.6. The molecule has 2 amide bonds. The summed E-state index contributed by atoms with van der Waals surface area (Å²) >= 11 is 0. The van der Waals surface area contributed by atoms with Crippen LogP contribution in [-0.2, 0) is 23.9 Å². The summed E-state index contributed by atoms with van der Waals surface area (Å²) in [6.45, 7) is 3.33. The van der Waals surface area contributed by atoms with Crippen LogP contribution in [-0.4, -0.2) is 59.3 Å². The van der Waals surface area contributed by atoms with Gasteiger partial charge >= 0.3 is 11.9 Å². The Bertz CT molecular complexity index is 1010. The van der Waals surface area contributed by atoms with Crippen LogP contribution < -0.4 is 10.6 Å². The zero-order valence-electron chi connectivity index (χ0n) is 32.1. The van der Waals surface area contributed by atoms with E-state index in [-0.39, 0.29) is 24.5 Å². The van der Waals surface area contributed by atoms with Crippen molar-refractivity contribution in [3.05, 3.63) is 48.6 Å². The molecule has 0 aromatic heterocycles. The fourth-order valence-electron chi connectivity index (χ4n) is 5.46. The lowest BCUT2D eigenvalue weighted by Gasteiger charge is -2.14. The second-order valence-corrected chi connectivity index (χ2v) is 13.3. The molecule has 9 nitrogen and oxygen atoms in total. The van der Waals surface area contributed by atoms with E-state index in [0.29, 0.717) is 19.3 Å². The fourth-order valence-corrected chi connectivity index (χ4v) is 5.46. The van der Waals surface area contributed by atoms with Crippen LogP contribution in [0, 0.1) is 0 Å². The topological polar surface area (TPSA) is 142 Å². The van der Waals surface area contributed by atoms with Crippen LogP contribution in [0.15, 0.2) is 48.6 Å². The van der Waals surface area contributed by atoms with E-state index in [1.807, 2.05) is 6.08 Å². The summed E-state index contributed by atoms with van der Waals surface area (Å²) in [5.41, 5.74) is 0. The van der Waals surface area contributed by atoms with Gasteiger partial charge in [0, 0.05) is 12.8 Å². The van der Waals surface area contributed by atoms with Gasteiger partial charge in [-0.1, -0.05) is 127 Å². The zero-order valence-corrected chi connectivity index (χ0v) is 32.1. The number of carboxylic acid groups (broad SMARTS) is 1. The van der Waals surface area contributed by atoms with Crippen LogP contribution in [0.4, 0.5) is 0 Å². The first-order chi connectivity index (χ1) is 24.8. The molecule has 0 fully saturated rings. The summed E-state index contributed by atoms with van der Waals surface area (Å²) in [5, 5.41) is 22.5. The largest absolute Gasteiger partial charge is 0.480 e. The predicted molar refractivity (Wildman–Crippen MR) is 208 cm³/mol. The van der Waals surface area contributed by atoms with E-state index in [0.717, 1.165) is 83.5 Å². The van der Waals surface area contributed by atoms with Gasteiger partial charge in [-0.15, -0.1) is 0 Å². The Kier molecular flexibility index (Phi) is 34.3. The lowest BCUT2D eigenvalue weighted by molar-refractivity contribution is -0.147. The fraction of sp³-hybridized carbons (Fsp3) is 0.714. The van der Waals surface area contributed by atoms with E-state index in [2.05, 4.69) is 67.0 Å². The molecule has 0 saturated carbocycles. The van der Waals surface area contributed by atoms with Crippen LogP contribution in [0.2, 0.25) is 0 Å². The van der Waals surface area contributed by atoms with E-state index in [9.17, 15) is 19.2 Å². The highest BCUT2D eigenvalue weighted by atomic mass is 16.5. The molecule has 0 saturated heterocycles. The minimum atomic E-state index is -1.38. The number of aliphatic carboxylic acids is 1. The molecule has 0 aliphatic rings. The summed E-state index contributed by atoms with van der Waals surface area (Å²) in [6.07, 6.45) is 41.6. The molecule has 4 N–H and O–H groups in total. The highest BCUT2D eigenvalue weighted by Crippen LogP contribution is 2.15. The number of hydrogen-bond acceptors (Lipinski definition) is 6. The maximum absolute atomic E-state index is 12.7. The average molecular weight is 717 g/mol. The van der Waals surface area contributed by atoms with Crippen LogP contribution in [0.25, 0.3) is 0 Å². The first-order valence-corrected chi connectivity index (χ1v) is 20.0. The number of unbranched alkanes of at least 4 members (excludes halogenated alkanes) is 15. The van der Waals surface area contributed by atoms with Gasteiger partial charge < -0.3 is 25.6 Å². The number of ether oxygens (including phenoxy) is 1. The summed E-state index contributed by atoms with van der Waals surface area (Å²) < 4.78 is 5.89. The minimum Gasteiger partial charge on any atom is -0.480 e. The van der Waals surface area contributed by atoms with Gasteiger partial charge in [-0.3, -0.25) is 14.4 Å². The Morgan fingerprint density at radius 2 is 1.18 bits per heavy atom. The van der Waals surface area contributed by atoms with Crippen molar-refractivity contribution in [3.8, 4) is 0 Å². The molecule has 0 rings (SSSR count). The number of carbonyl (C=O) groups is 4. The maximum Gasteiger partial charge on any atom is 0.328 e. The lowest BCUT2D eigenvalue weighted by Crippen LogP contribution is -2.47. The minimum absolute atomic E-state index is 0.113. The Balaban J connectivity index is 4.29. The SMILES string of the molecule is CC/C=C\C/C=C\C/C=C\C(CCCCCCCCC(=O)NCC(=O)NC(CO)C(=O)O)OC(=O)CCCCCCC/C=C\CCCCCCC. The van der Waals surface area contributed by atoms with Crippen molar-refractivity contribution in [1.82, 2.24) is 10.6 Å². The molecular weight excluding hydrogens is 644 g/mol. The van der Waals surface area contributed by atoms with Crippen molar-refractivity contribution in [1.29, 1.82) is 0 Å². The van der Waals surface area contributed by atoms with E-state index < -0.39 is 24.5 Å². The van der Waals surface area contributed by atoms with Crippen molar-refractivity contribution >= 4 is 23.8 Å². The molecule has 0 aromatic carbocycles. The Morgan fingerprint density at radius 3 is 1.78 bits per heavy atom. The number of aliphatic hydroxyl groups excluding tert-OH is 1. The van der Waals surface area contributed by atoms with Crippen molar-refractivity contribution < 1.29 is 34.1 Å². The van der Waals surface area contributed by atoms with Crippen molar-refractivity contribution in [3.63, 3.8) is 0 Å². The Hall–Kier alpha value is -3.20. The van der Waals surface area contributed by atoms with Crippen LogP contribution in [0.5, 0.6) is 0 Å². The lowest BCUT2D eigenvalue weighted by atomic mass is 10.1. The van der Waals surface area contributed by atoms with Gasteiger partial charge in [0.05, 0.1) is 13.2 Å². The quantitative estimate of drug-likeness (QED) is 0.0291. The van der Waals surface area contributed by atoms with Crippen LogP contribution >= 0.6 is 0 Å². The maximum atomic E-state index is 12.7. The number of amides is 2. The monoisotopic (exact) mass is 717 g/mol. The predicted octanol–water partition coefficient (Wildman–Crippen LogP) is 9.20. The van der Waals surface area contributed by atoms with Gasteiger partial charge in [-0.05, 0) is 76.7 Å². The highest BCUT2D eigenvalue weighted by molar-refractivity contribution is 5.87. The van der Waals surface area contributed by atoms with E-state index in [1.165, 1.54) is 51.4 Å². The molecule has 292 valence electrons. The molecule has 0 aliphatic carbocycles. The van der Waals surface area contributed by atoms with Gasteiger partial charge in [0.25, 0.3) is 0 Å². The number of carboxylic acids is 1. The number of nitrogens with one attached hydrogen (secondary N) is 2. The number of carbonyl (C=O) groups excluding carboxylic acids is 3. The van der Waals surface area contributed by atoms with E-state index >= 15 is 0 Å². The molecule has 51 heavy (non-hydrogen) atoms. The molecule has 0 radical (unpaired) electrons.